The fourth-order valence-electron chi connectivity index (χ4n) is 8.40. The first kappa shape index (κ1) is 44.9. The molecule has 1 amide bonds. The van der Waals surface area contributed by atoms with Crippen LogP contribution in [-0.2, 0) is 14.8 Å². The third-order valence-electron chi connectivity index (χ3n) is 12.0. The fraction of sp³-hybridized carbons (Fsp3) is 0.378. The number of aromatic amines is 1. The highest BCUT2D eigenvalue weighted by Gasteiger charge is 2.31. The van der Waals surface area contributed by atoms with Gasteiger partial charge in [0.25, 0.3) is 21.6 Å². The van der Waals surface area contributed by atoms with Gasteiger partial charge in [0, 0.05) is 86.9 Å². The number of anilines is 2. The van der Waals surface area contributed by atoms with E-state index in [2.05, 4.69) is 55.8 Å². The molecule has 8 rings (SSSR count). The Morgan fingerprint density at radius 2 is 1.79 bits per heavy atom. The van der Waals surface area contributed by atoms with Crippen LogP contribution in [0.15, 0.2) is 95.7 Å². The largest absolute Gasteiger partial charge is 0.455 e. The highest BCUT2D eigenvalue weighted by molar-refractivity contribution is 7.90. The molecule has 0 bridgehead atoms. The first-order chi connectivity index (χ1) is 29.3. The second kappa shape index (κ2) is 19.1. The molecule has 2 aromatic heterocycles. The van der Waals surface area contributed by atoms with Gasteiger partial charge in [-0.2, -0.15) is 0 Å². The maximum Gasteiger partial charge on any atom is 0.293 e. The number of allylic oxidation sites excluding steroid dienone is 1. The van der Waals surface area contributed by atoms with E-state index in [1.807, 2.05) is 18.2 Å². The molecule has 2 aliphatic heterocycles. The number of nitrogens with one attached hydrogen (secondary N) is 3. The minimum atomic E-state index is -4.55. The predicted octanol–water partition coefficient (Wildman–Crippen LogP) is 9.08. The smallest absolute Gasteiger partial charge is 0.293 e. The summed E-state index contributed by atoms with van der Waals surface area (Å²) in [7, 11) is -4.55. The van der Waals surface area contributed by atoms with Crippen LogP contribution in [0.25, 0.3) is 16.6 Å². The summed E-state index contributed by atoms with van der Waals surface area (Å²) in [6.45, 7) is 10.4. The van der Waals surface area contributed by atoms with Gasteiger partial charge in [0.05, 0.1) is 21.6 Å². The van der Waals surface area contributed by atoms with Crippen LogP contribution in [0, 0.1) is 21.4 Å². The van der Waals surface area contributed by atoms with Crippen molar-refractivity contribution in [2.24, 2.45) is 11.3 Å². The van der Waals surface area contributed by atoms with Crippen molar-refractivity contribution < 1.29 is 27.6 Å². The molecule has 0 saturated carbocycles. The molecule has 0 spiro atoms. The van der Waals surface area contributed by atoms with Crippen LogP contribution in [0.3, 0.4) is 0 Å². The Morgan fingerprint density at radius 3 is 2.53 bits per heavy atom. The Hall–Kier alpha value is -5.19. The van der Waals surface area contributed by atoms with E-state index in [0.29, 0.717) is 31.2 Å². The van der Waals surface area contributed by atoms with Crippen molar-refractivity contribution in [2.45, 2.75) is 50.8 Å². The number of carbonyl (C=O) groups excluding carboxylic acids is 1. The molecule has 0 radical (unpaired) electrons. The van der Waals surface area contributed by atoms with Crippen molar-refractivity contribution in [3.63, 3.8) is 0 Å². The van der Waals surface area contributed by atoms with E-state index in [-0.39, 0.29) is 40.7 Å². The van der Waals surface area contributed by atoms with Gasteiger partial charge in [-0.3, -0.25) is 19.8 Å². The number of carbonyl (C=O) groups is 1. The second-order valence-electron chi connectivity index (χ2n) is 16.9. The van der Waals surface area contributed by atoms with Crippen LogP contribution >= 0.6 is 24.0 Å². The number of H-pyrrole nitrogens is 1. The van der Waals surface area contributed by atoms with Crippen LogP contribution in [0.5, 0.6) is 11.5 Å². The van der Waals surface area contributed by atoms with E-state index >= 15 is 0 Å². The van der Waals surface area contributed by atoms with E-state index in [4.69, 9.17) is 21.1 Å². The predicted molar refractivity (Wildman–Crippen MR) is 244 cm³/mol. The van der Waals surface area contributed by atoms with Crippen molar-refractivity contribution in [3.8, 4) is 11.5 Å². The number of sulfonamides is 1. The van der Waals surface area contributed by atoms with Gasteiger partial charge < -0.3 is 24.7 Å². The minimum Gasteiger partial charge on any atom is -0.455 e. The molecule has 2 fully saturated rings. The Balaban J connectivity index is 0.00000578. The number of nitro groups is 1. The Bertz CT molecular complexity index is 2570. The van der Waals surface area contributed by atoms with Crippen molar-refractivity contribution >= 4 is 73.6 Å². The SMILES string of the molecule is CC1(C)CCC(CN2CCN(c3ccc(C(=O)NS(=O)(=O)c4ccc(NCC5CCOCC5)c([N+](=O)[O-])c4)c(Oc4cnc5[nH]ccc5c4)c3)CC2)=C(c2ccc(Cl)cc2)C1.Cl. The average molecular weight is 905 g/mol. The normalized spacial score (nSPS) is 17.4. The first-order valence-corrected chi connectivity index (χ1v) is 22.5. The maximum absolute atomic E-state index is 13.9. The molecule has 3 aromatic carbocycles. The standard InChI is InChI=1S/C45H50ClN7O7S.ClH/c1-45(2)15-11-33(39(26-45)31-3-5-34(46)6-4-31)29-51-17-19-52(20-18-51)35-7-9-38(42(24-35)60-36-23-32-12-16-47-43(32)49-28-36)44(54)50-61(57,58)37-8-10-40(41(25-37)53(55)56)48-27-30-13-21-59-22-14-30;/h3-10,12,16,23-25,28,30,48H,11,13-15,17-22,26-27,29H2,1-2H3,(H,47,49)(H,50,54);1H. The molecule has 62 heavy (non-hydrogen) atoms. The molecule has 1 aliphatic carbocycles. The lowest BCUT2D eigenvalue weighted by Gasteiger charge is -2.39. The summed E-state index contributed by atoms with van der Waals surface area (Å²) in [6, 6.07) is 20.4. The van der Waals surface area contributed by atoms with E-state index < -0.39 is 31.4 Å². The zero-order chi connectivity index (χ0) is 42.7. The quantitative estimate of drug-likeness (QED) is 0.0760. The lowest BCUT2D eigenvalue weighted by molar-refractivity contribution is -0.384. The Labute approximate surface area is 372 Å². The molecule has 3 aliphatic rings. The van der Waals surface area contributed by atoms with Gasteiger partial charge in [0.1, 0.15) is 22.8 Å². The van der Waals surface area contributed by atoms with Crippen molar-refractivity contribution in [1.82, 2.24) is 19.6 Å². The molecule has 4 heterocycles. The molecule has 3 N–H and O–H groups in total. The Morgan fingerprint density at radius 1 is 1.03 bits per heavy atom. The van der Waals surface area contributed by atoms with Crippen LogP contribution in [-0.4, -0.2) is 86.6 Å². The summed E-state index contributed by atoms with van der Waals surface area (Å²) in [5, 5.41) is 16.7. The monoisotopic (exact) mass is 903 g/mol. The number of piperazine rings is 1. The summed E-state index contributed by atoms with van der Waals surface area (Å²) < 4.78 is 41.2. The number of halogens is 2. The number of ether oxygens (including phenoxy) is 2. The van der Waals surface area contributed by atoms with Gasteiger partial charge >= 0.3 is 0 Å². The molecule has 0 atom stereocenters. The minimum absolute atomic E-state index is 0. The van der Waals surface area contributed by atoms with E-state index in [1.54, 1.807) is 30.5 Å². The summed E-state index contributed by atoms with van der Waals surface area (Å²) in [6.07, 6.45) is 8.13. The zero-order valence-electron chi connectivity index (χ0n) is 34.7. The van der Waals surface area contributed by atoms with Crippen LogP contribution < -0.4 is 19.7 Å². The van der Waals surface area contributed by atoms with Crippen LogP contribution in [0.4, 0.5) is 17.1 Å². The van der Waals surface area contributed by atoms with E-state index in [1.165, 1.54) is 35.0 Å². The van der Waals surface area contributed by atoms with E-state index in [9.17, 15) is 23.3 Å². The third kappa shape index (κ3) is 10.5. The number of nitro benzene ring substituents is 1. The van der Waals surface area contributed by atoms with Gasteiger partial charge in [-0.25, -0.2) is 18.1 Å². The average Bonchev–Trinajstić information content (AvgIpc) is 3.72. The van der Waals surface area contributed by atoms with Gasteiger partial charge in [0.15, 0.2) is 0 Å². The number of aromatic nitrogens is 2. The van der Waals surface area contributed by atoms with Gasteiger partial charge in [-0.1, -0.05) is 43.2 Å². The number of pyridine rings is 1. The molecule has 328 valence electrons. The molecule has 0 unspecified atom stereocenters. The van der Waals surface area contributed by atoms with Gasteiger partial charge in [-0.15, -0.1) is 12.4 Å². The lowest BCUT2D eigenvalue weighted by atomic mass is 9.72. The molecule has 2 saturated heterocycles. The first-order valence-electron chi connectivity index (χ1n) is 20.7. The molecule has 17 heteroatoms. The number of amides is 1. The van der Waals surface area contributed by atoms with Crippen molar-refractivity contribution in [3.05, 3.63) is 117 Å². The number of fused-ring (bicyclic) bond motifs is 1. The summed E-state index contributed by atoms with van der Waals surface area (Å²) >= 11 is 6.24. The van der Waals surface area contributed by atoms with Gasteiger partial charge in [0.2, 0.25) is 0 Å². The number of hydrogen-bond donors (Lipinski definition) is 3. The maximum atomic E-state index is 13.9. The van der Waals surface area contributed by atoms with Crippen LogP contribution in [0.1, 0.15) is 61.9 Å². The number of benzene rings is 3. The number of hydrogen-bond acceptors (Lipinski definition) is 11. The summed E-state index contributed by atoms with van der Waals surface area (Å²) in [5.41, 5.74) is 5.55. The number of nitrogens with zero attached hydrogens (tertiary/aromatic N) is 4. The highest BCUT2D eigenvalue weighted by atomic mass is 35.5. The molecular formula is C45H51Cl2N7O7S. The topological polar surface area (TPSA) is 172 Å². The zero-order valence-corrected chi connectivity index (χ0v) is 37.1. The summed E-state index contributed by atoms with van der Waals surface area (Å²) in [5.74, 6) is -0.195. The second-order valence-corrected chi connectivity index (χ2v) is 19.0. The molecule has 14 nitrogen and oxygen atoms in total. The van der Waals surface area contributed by atoms with Crippen LogP contribution in [0.2, 0.25) is 5.02 Å². The highest BCUT2D eigenvalue weighted by Crippen LogP contribution is 2.43. The van der Waals surface area contributed by atoms with Gasteiger partial charge in [-0.05, 0) is 103 Å². The summed E-state index contributed by atoms with van der Waals surface area (Å²) in [4.78, 5) is 37.1. The van der Waals surface area contributed by atoms with Crippen molar-refractivity contribution in [2.75, 3.05) is 62.7 Å². The third-order valence-corrected chi connectivity index (χ3v) is 13.5. The van der Waals surface area contributed by atoms with E-state index in [0.717, 1.165) is 87.0 Å². The fourth-order valence-corrected chi connectivity index (χ4v) is 9.51. The molecular weight excluding hydrogens is 854 g/mol. The number of rotatable bonds is 13. The molecule has 5 aromatic rings. The lowest BCUT2D eigenvalue weighted by Crippen LogP contribution is -2.47. The Kier molecular flexibility index (Phi) is 13.8. The van der Waals surface area contributed by atoms with Crippen molar-refractivity contribution in [1.29, 1.82) is 0 Å².